The first-order valence-corrected chi connectivity index (χ1v) is 7.40. The SMILES string of the molecule is [B]C(O)(C1CCc2ccccc21)[C@@H]1CCCCN1C. The van der Waals surface area contributed by atoms with Gasteiger partial charge in [0.1, 0.15) is 7.85 Å². The molecule has 3 rings (SSSR count). The summed E-state index contributed by atoms with van der Waals surface area (Å²) >= 11 is 0. The van der Waals surface area contributed by atoms with E-state index >= 15 is 0 Å². The van der Waals surface area contributed by atoms with Gasteiger partial charge in [-0.15, -0.1) is 0 Å². The normalized spacial score (nSPS) is 30.8. The van der Waals surface area contributed by atoms with Crippen LogP contribution in [-0.4, -0.2) is 43.0 Å². The highest BCUT2D eigenvalue weighted by molar-refractivity contribution is 6.15. The number of benzene rings is 1. The number of aliphatic hydroxyl groups is 1. The van der Waals surface area contributed by atoms with Gasteiger partial charge in [-0.25, -0.2) is 0 Å². The largest absolute Gasteiger partial charge is 0.398 e. The lowest BCUT2D eigenvalue weighted by atomic mass is 9.62. The molecule has 0 saturated carbocycles. The molecule has 0 amide bonds. The zero-order chi connectivity index (χ0) is 13.5. The van der Waals surface area contributed by atoms with E-state index in [-0.39, 0.29) is 12.0 Å². The lowest BCUT2D eigenvalue weighted by Gasteiger charge is -2.46. The molecule has 0 aromatic heterocycles. The van der Waals surface area contributed by atoms with Crippen molar-refractivity contribution in [2.75, 3.05) is 13.6 Å². The van der Waals surface area contributed by atoms with Gasteiger partial charge in [-0.05, 0) is 50.4 Å². The molecule has 1 saturated heterocycles. The quantitative estimate of drug-likeness (QED) is 0.818. The zero-order valence-electron chi connectivity index (χ0n) is 11.7. The Balaban J connectivity index is 1.88. The van der Waals surface area contributed by atoms with Crippen LogP contribution in [0.2, 0.25) is 0 Å². The Hall–Kier alpha value is -0.795. The summed E-state index contributed by atoms with van der Waals surface area (Å²) in [5.74, 6) is 0.0780. The highest BCUT2D eigenvalue weighted by atomic mass is 16.3. The molecule has 3 heteroatoms. The van der Waals surface area contributed by atoms with Gasteiger partial charge < -0.3 is 10.0 Å². The average molecular weight is 255 g/mol. The first kappa shape index (κ1) is 13.2. The predicted molar refractivity (Wildman–Crippen MR) is 78.5 cm³/mol. The molecular formula is C16H22BNO. The Kier molecular flexibility index (Phi) is 3.44. The summed E-state index contributed by atoms with van der Waals surface area (Å²) in [4.78, 5) is 2.24. The number of piperidine rings is 1. The van der Waals surface area contributed by atoms with Crippen molar-refractivity contribution >= 4 is 7.85 Å². The van der Waals surface area contributed by atoms with Crippen molar-refractivity contribution in [3.05, 3.63) is 35.4 Å². The first-order valence-electron chi connectivity index (χ1n) is 7.40. The lowest BCUT2D eigenvalue weighted by Crippen LogP contribution is -2.56. The molecule has 100 valence electrons. The molecule has 1 N–H and O–H groups in total. The Morgan fingerprint density at radius 1 is 1.26 bits per heavy atom. The standard InChI is InChI=1S/C16H22BNO/c1-18-11-5-4-8-15(18)16(17,19)14-10-9-12-6-2-3-7-13(12)14/h2-3,6-7,14-15,19H,4-5,8-11H2,1H3/t14?,15-,16?/m0/s1. The Bertz CT molecular complexity index is 460. The molecule has 2 aliphatic rings. The number of hydrogen-bond acceptors (Lipinski definition) is 2. The Labute approximate surface area is 117 Å². The maximum Gasteiger partial charge on any atom is 0.116 e. The summed E-state index contributed by atoms with van der Waals surface area (Å²) in [5, 5.41) is 11.0. The summed E-state index contributed by atoms with van der Waals surface area (Å²) < 4.78 is 0. The second-order valence-electron chi connectivity index (χ2n) is 6.17. The van der Waals surface area contributed by atoms with Crippen molar-refractivity contribution in [2.45, 2.75) is 49.6 Å². The summed E-state index contributed by atoms with van der Waals surface area (Å²) in [7, 11) is 8.50. The molecule has 0 spiro atoms. The van der Waals surface area contributed by atoms with E-state index in [4.69, 9.17) is 7.85 Å². The maximum atomic E-state index is 11.0. The fourth-order valence-corrected chi connectivity index (χ4v) is 3.93. The van der Waals surface area contributed by atoms with E-state index in [9.17, 15) is 5.11 Å². The predicted octanol–water partition coefficient (Wildman–Crippen LogP) is 2.06. The third kappa shape index (κ3) is 2.23. The monoisotopic (exact) mass is 255 g/mol. The van der Waals surface area contributed by atoms with Crippen molar-refractivity contribution in [3.8, 4) is 0 Å². The number of likely N-dealkylation sites (N-methyl/N-ethyl adjacent to an activating group) is 1. The van der Waals surface area contributed by atoms with Crippen LogP contribution in [0.3, 0.4) is 0 Å². The summed E-state index contributed by atoms with van der Waals surface area (Å²) in [6.45, 7) is 1.04. The minimum absolute atomic E-state index is 0.0780. The van der Waals surface area contributed by atoms with Crippen molar-refractivity contribution in [1.82, 2.24) is 4.90 Å². The van der Waals surface area contributed by atoms with Crippen molar-refractivity contribution in [3.63, 3.8) is 0 Å². The molecule has 1 aromatic rings. The van der Waals surface area contributed by atoms with E-state index in [1.165, 1.54) is 24.0 Å². The molecule has 1 fully saturated rings. The lowest BCUT2D eigenvalue weighted by molar-refractivity contribution is -0.0103. The molecular weight excluding hydrogens is 233 g/mol. The molecule has 1 aromatic carbocycles. The van der Waals surface area contributed by atoms with Crippen LogP contribution in [0.15, 0.2) is 24.3 Å². The fourth-order valence-electron chi connectivity index (χ4n) is 3.93. The molecule has 2 unspecified atom stereocenters. The van der Waals surface area contributed by atoms with Gasteiger partial charge in [-0.1, -0.05) is 30.7 Å². The van der Waals surface area contributed by atoms with Crippen LogP contribution in [0.1, 0.15) is 42.7 Å². The van der Waals surface area contributed by atoms with Gasteiger partial charge in [0.15, 0.2) is 0 Å². The fraction of sp³-hybridized carbons (Fsp3) is 0.625. The second kappa shape index (κ2) is 4.95. The minimum Gasteiger partial charge on any atom is -0.398 e. The molecule has 3 atom stereocenters. The van der Waals surface area contributed by atoms with Crippen LogP contribution >= 0.6 is 0 Å². The van der Waals surface area contributed by atoms with Gasteiger partial charge >= 0.3 is 0 Å². The van der Waals surface area contributed by atoms with Gasteiger partial charge in [-0.3, -0.25) is 0 Å². The van der Waals surface area contributed by atoms with Gasteiger partial charge in [0.05, 0.1) is 0 Å². The highest BCUT2D eigenvalue weighted by Crippen LogP contribution is 2.43. The zero-order valence-corrected chi connectivity index (χ0v) is 11.7. The molecule has 19 heavy (non-hydrogen) atoms. The van der Waals surface area contributed by atoms with Crippen LogP contribution < -0.4 is 0 Å². The van der Waals surface area contributed by atoms with Gasteiger partial charge in [-0.2, -0.15) is 0 Å². The van der Waals surface area contributed by atoms with Gasteiger partial charge in [0.2, 0.25) is 0 Å². The Morgan fingerprint density at radius 2 is 2.05 bits per heavy atom. The van der Waals surface area contributed by atoms with Crippen LogP contribution in [0.5, 0.6) is 0 Å². The van der Waals surface area contributed by atoms with E-state index in [2.05, 4.69) is 36.2 Å². The smallest absolute Gasteiger partial charge is 0.116 e. The molecule has 1 aliphatic heterocycles. The van der Waals surface area contributed by atoms with E-state index in [0.29, 0.717) is 0 Å². The van der Waals surface area contributed by atoms with Crippen LogP contribution in [0, 0.1) is 0 Å². The number of nitrogens with zero attached hydrogens (tertiary/aromatic N) is 1. The molecule has 1 heterocycles. The third-order valence-corrected chi connectivity index (χ3v) is 5.00. The van der Waals surface area contributed by atoms with E-state index in [1.54, 1.807) is 0 Å². The number of rotatable bonds is 2. The van der Waals surface area contributed by atoms with Gasteiger partial charge in [0, 0.05) is 17.5 Å². The van der Waals surface area contributed by atoms with Crippen LogP contribution in [0.25, 0.3) is 0 Å². The van der Waals surface area contributed by atoms with Crippen LogP contribution in [-0.2, 0) is 6.42 Å². The van der Waals surface area contributed by atoms with E-state index in [0.717, 1.165) is 25.8 Å². The molecule has 1 aliphatic carbocycles. The third-order valence-electron chi connectivity index (χ3n) is 5.00. The Morgan fingerprint density at radius 3 is 2.84 bits per heavy atom. The number of aryl methyl sites for hydroxylation is 1. The highest BCUT2D eigenvalue weighted by Gasteiger charge is 2.44. The molecule has 2 nitrogen and oxygen atoms in total. The maximum absolute atomic E-state index is 11.0. The summed E-state index contributed by atoms with van der Waals surface area (Å²) in [6, 6.07) is 8.50. The van der Waals surface area contributed by atoms with Crippen molar-refractivity contribution in [2.24, 2.45) is 0 Å². The average Bonchev–Trinajstić information content (AvgIpc) is 2.83. The number of hydrogen-bond donors (Lipinski definition) is 1. The topological polar surface area (TPSA) is 23.5 Å². The summed E-state index contributed by atoms with van der Waals surface area (Å²) in [6.07, 6.45) is 5.39. The summed E-state index contributed by atoms with van der Waals surface area (Å²) in [5.41, 5.74) is 1.50. The first-order chi connectivity index (χ1) is 9.10. The van der Waals surface area contributed by atoms with Crippen molar-refractivity contribution < 1.29 is 5.11 Å². The number of fused-ring (bicyclic) bond motifs is 1. The second-order valence-corrected chi connectivity index (χ2v) is 6.17. The van der Waals surface area contributed by atoms with E-state index < -0.39 is 5.50 Å². The van der Waals surface area contributed by atoms with Crippen LogP contribution in [0.4, 0.5) is 0 Å². The molecule has 2 radical (unpaired) electrons. The molecule has 0 bridgehead atoms. The van der Waals surface area contributed by atoms with E-state index in [1.807, 2.05) is 0 Å². The minimum atomic E-state index is -1.11. The number of likely N-dealkylation sites (tertiary alicyclic amines) is 1. The van der Waals surface area contributed by atoms with Gasteiger partial charge in [0.25, 0.3) is 0 Å². The van der Waals surface area contributed by atoms with Crippen molar-refractivity contribution in [1.29, 1.82) is 0 Å².